The van der Waals surface area contributed by atoms with Gasteiger partial charge in [0.15, 0.2) is 0 Å². The van der Waals surface area contributed by atoms with Crippen molar-refractivity contribution in [2.75, 3.05) is 6.54 Å². The van der Waals surface area contributed by atoms with Crippen LogP contribution >= 0.6 is 0 Å². The van der Waals surface area contributed by atoms with Crippen molar-refractivity contribution in [2.24, 2.45) is 0 Å². The molecule has 1 unspecified atom stereocenters. The Labute approximate surface area is 144 Å². The summed E-state index contributed by atoms with van der Waals surface area (Å²) >= 11 is 0. The Balaban J connectivity index is 1.75. The molecule has 3 heteroatoms. The molecule has 3 rings (SSSR count). The standard InChI is InChI=1S/C21H26N2O/c1-16(2)17-9-11-18(12-10-17)21(24)23-14-6-4-8-20(23)15-19-7-3-5-13-22-19/h3,5,7,9-13,16,20H,4,6,8,14-15H2,1-2H3. The number of hydrogen-bond acceptors (Lipinski definition) is 2. The first kappa shape index (κ1) is 16.7. The molecule has 2 heterocycles. The third-order valence-corrected chi connectivity index (χ3v) is 4.88. The Hall–Kier alpha value is -2.16. The molecular weight excluding hydrogens is 296 g/mol. The topological polar surface area (TPSA) is 33.2 Å². The molecule has 1 aromatic heterocycles. The van der Waals surface area contributed by atoms with Gasteiger partial charge in [-0.1, -0.05) is 32.0 Å². The van der Waals surface area contributed by atoms with E-state index in [9.17, 15) is 4.79 Å². The van der Waals surface area contributed by atoms with E-state index in [1.807, 2.05) is 30.5 Å². The van der Waals surface area contributed by atoms with E-state index in [-0.39, 0.29) is 11.9 Å². The lowest BCUT2D eigenvalue weighted by atomic mass is 9.96. The summed E-state index contributed by atoms with van der Waals surface area (Å²) in [4.78, 5) is 19.5. The summed E-state index contributed by atoms with van der Waals surface area (Å²) in [7, 11) is 0. The van der Waals surface area contributed by atoms with Crippen LogP contribution in [-0.4, -0.2) is 28.4 Å². The van der Waals surface area contributed by atoms with Crippen LogP contribution in [0.4, 0.5) is 0 Å². The van der Waals surface area contributed by atoms with Crippen LogP contribution in [0.5, 0.6) is 0 Å². The number of pyridine rings is 1. The second kappa shape index (κ2) is 7.61. The third kappa shape index (κ3) is 3.84. The maximum atomic E-state index is 13.0. The zero-order valence-electron chi connectivity index (χ0n) is 14.6. The number of rotatable bonds is 4. The Kier molecular flexibility index (Phi) is 5.29. The number of carbonyl (C=O) groups is 1. The monoisotopic (exact) mass is 322 g/mol. The SMILES string of the molecule is CC(C)c1ccc(C(=O)N2CCCCC2Cc2ccccn2)cc1. The molecule has 126 valence electrons. The molecule has 0 saturated carbocycles. The van der Waals surface area contributed by atoms with Crippen molar-refractivity contribution in [3.63, 3.8) is 0 Å². The fourth-order valence-corrected chi connectivity index (χ4v) is 3.42. The number of aromatic nitrogens is 1. The third-order valence-electron chi connectivity index (χ3n) is 4.88. The van der Waals surface area contributed by atoms with Crippen LogP contribution in [0.3, 0.4) is 0 Å². The molecule has 0 spiro atoms. The molecule has 1 atom stereocenters. The number of benzene rings is 1. The highest BCUT2D eigenvalue weighted by molar-refractivity contribution is 5.94. The highest BCUT2D eigenvalue weighted by atomic mass is 16.2. The molecule has 3 nitrogen and oxygen atoms in total. The van der Waals surface area contributed by atoms with Gasteiger partial charge in [-0.2, -0.15) is 0 Å². The van der Waals surface area contributed by atoms with Crippen LogP contribution in [0.25, 0.3) is 0 Å². The van der Waals surface area contributed by atoms with E-state index in [4.69, 9.17) is 0 Å². The van der Waals surface area contributed by atoms with Crippen molar-refractivity contribution in [3.05, 3.63) is 65.5 Å². The van der Waals surface area contributed by atoms with Gasteiger partial charge in [0, 0.05) is 36.5 Å². The summed E-state index contributed by atoms with van der Waals surface area (Å²) in [6.45, 7) is 5.19. The van der Waals surface area contributed by atoms with Crippen LogP contribution in [0.15, 0.2) is 48.7 Å². The Morgan fingerprint density at radius 2 is 1.96 bits per heavy atom. The minimum atomic E-state index is 0.158. The van der Waals surface area contributed by atoms with Crippen molar-refractivity contribution in [1.29, 1.82) is 0 Å². The first-order valence-corrected chi connectivity index (χ1v) is 8.96. The predicted octanol–water partition coefficient (Wildman–Crippen LogP) is 4.44. The van der Waals surface area contributed by atoms with Crippen molar-refractivity contribution in [1.82, 2.24) is 9.88 Å². The number of hydrogen-bond donors (Lipinski definition) is 0. The highest BCUT2D eigenvalue weighted by Gasteiger charge is 2.27. The molecule has 0 radical (unpaired) electrons. The normalized spacial score (nSPS) is 18.0. The van der Waals surface area contributed by atoms with Crippen LogP contribution in [0.1, 0.15) is 60.6 Å². The van der Waals surface area contributed by atoms with Crippen molar-refractivity contribution in [2.45, 2.75) is 51.5 Å². The predicted molar refractivity (Wildman–Crippen MR) is 97.1 cm³/mol. The van der Waals surface area contributed by atoms with E-state index in [1.54, 1.807) is 0 Å². The largest absolute Gasteiger partial charge is 0.335 e. The summed E-state index contributed by atoms with van der Waals surface area (Å²) in [6.07, 6.45) is 6.01. The van der Waals surface area contributed by atoms with Crippen molar-refractivity contribution >= 4 is 5.91 Å². The molecule has 2 aromatic rings. The van der Waals surface area contributed by atoms with Gasteiger partial charge < -0.3 is 4.90 Å². The zero-order valence-corrected chi connectivity index (χ0v) is 14.6. The summed E-state index contributed by atoms with van der Waals surface area (Å²) in [5.74, 6) is 0.645. The molecular formula is C21H26N2O. The van der Waals surface area contributed by atoms with Gasteiger partial charge in [-0.3, -0.25) is 9.78 Å². The summed E-state index contributed by atoms with van der Waals surface area (Å²) < 4.78 is 0. The maximum Gasteiger partial charge on any atom is 0.254 e. The van der Waals surface area contributed by atoms with Crippen molar-refractivity contribution in [3.8, 4) is 0 Å². The minimum absolute atomic E-state index is 0.158. The number of amides is 1. The van der Waals surface area contributed by atoms with E-state index in [1.165, 1.54) is 12.0 Å². The lowest BCUT2D eigenvalue weighted by Crippen LogP contribution is -2.45. The van der Waals surface area contributed by atoms with Gasteiger partial charge in [0.05, 0.1) is 0 Å². The molecule has 1 aliphatic heterocycles. The number of likely N-dealkylation sites (tertiary alicyclic amines) is 1. The molecule has 1 amide bonds. The number of piperidine rings is 1. The van der Waals surface area contributed by atoms with E-state index in [0.29, 0.717) is 5.92 Å². The van der Waals surface area contributed by atoms with Crippen LogP contribution in [-0.2, 0) is 6.42 Å². The number of carbonyl (C=O) groups excluding carboxylic acids is 1. The molecule has 1 aromatic carbocycles. The van der Waals surface area contributed by atoms with Crippen LogP contribution < -0.4 is 0 Å². The lowest BCUT2D eigenvalue weighted by molar-refractivity contribution is 0.0612. The van der Waals surface area contributed by atoms with Gasteiger partial charge >= 0.3 is 0 Å². The van der Waals surface area contributed by atoms with Crippen LogP contribution in [0, 0.1) is 0 Å². The molecule has 0 bridgehead atoms. The number of nitrogens with zero attached hydrogens (tertiary/aromatic N) is 2. The molecule has 0 N–H and O–H groups in total. The van der Waals surface area contributed by atoms with Crippen LogP contribution in [0.2, 0.25) is 0 Å². The van der Waals surface area contributed by atoms with E-state index in [2.05, 4.69) is 41.9 Å². The van der Waals surface area contributed by atoms with E-state index in [0.717, 1.165) is 37.1 Å². The molecule has 24 heavy (non-hydrogen) atoms. The fourth-order valence-electron chi connectivity index (χ4n) is 3.42. The van der Waals surface area contributed by atoms with Gasteiger partial charge in [0.2, 0.25) is 0 Å². The molecule has 1 fully saturated rings. The maximum absolute atomic E-state index is 13.0. The van der Waals surface area contributed by atoms with Crippen molar-refractivity contribution < 1.29 is 4.79 Å². The van der Waals surface area contributed by atoms with Gasteiger partial charge in [-0.05, 0) is 55.0 Å². The first-order valence-electron chi connectivity index (χ1n) is 8.96. The first-order chi connectivity index (χ1) is 11.6. The summed E-state index contributed by atoms with van der Waals surface area (Å²) in [6, 6.07) is 14.4. The Morgan fingerprint density at radius 1 is 1.17 bits per heavy atom. The molecule has 0 aliphatic carbocycles. The second-order valence-corrected chi connectivity index (χ2v) is 6.95. The van der Waals surface area contributed by atoms with Gasteiger partial charge in [-0.15, -0.1) is 0 Å². The average molecular weight is 322 g/mol. The van der Waals surface area contributed by atoms with Gasteiger partial charge in [0.25, 0.3) is 5.91 Å². The zero-order chi connectivity index (χ0) is 16.9. The molecule has 1 saturated heterocycles. The van der Waals surface area contributed by atoms with Gasteiger partial charge in [0.1, 0.15) is 0 Å². The quantitative estimate of drug-likeness (QED) is 0.833. The fraction of sp³-hybridized carbons (Fsp3) is 0.429. The average Bonchev–Trinajstić information content (AvgIpc) is 2.62. The van der Waals surface area contributed by atoms with Gasteiger partial charge in [-0.25, -0.2) is 0 Å². The Morgan fingerprint density at radius 3 is 2.62 bits per heavy atom. The summed E-state index contributed by atoms with van der Waals surface area (Å²) in [5.41, 5.74) is 3.14. The minimum Gasteiger partial charge on any atom is -0.335 e. The lowest BCUT2D eigenvalue weighted by Gasteiger charge is -2.36. The van der Waals surface area contributed by atoms with E-state index >= 15 is 0 Å². The second-order valence-electron chi connectivity index (χ2n) is 6.95. The smallest absolute Gasteiger partial charge is 0.254 e. The summed E-state index contributed by atoms with van der Waals surface area (Å²) in [5, 5.41) is 0. The Bertz CT molecular complexity index is 664. The highest BCUT2D eigenvalue weighted by Crippen LogP contribution is 2.23. The molecule has 1 aliphatic rings. The van der Waals surface area contributed by atoms with E-state index < -0.39 is 0 Å².